The van der Waals surface area contributed by atoms with Crippen molar-refractivity contribution in [3.63, 3.8) is 0 Å². The van der Waals surface area contributed by atoms with Crippen LogP contribution in [0.1, 0.15) is 38.2 Å². The van der Waals surface area contributed by atoms with Crippen molar-refractivity contribution < 1.29 is 10.0 Å². The fraction of sp³-hybridized carbons (Fsp3) is 0.500. The molecular formula is C16H20N2O2. The number of anilines is 1. The summed E-state index contributed by atoms with van der Waals surface area (Å²) in [5, 5.41) is 12.6. The first kappa shape index (κ1) is 13.2. The maximum absolute atomic E-state index is 12.7. The second-order valence-electron chi connectivity index (χ2n) is 5.78. The number of rotatable bonds is 2. The van der Waals surface area contributed by atoms with Gasteiger partial charge in [0.1, 0.15) is 0 Å². The van der Waals surface area contributed by atoms with Gasteiger partial charge in [0.15, 0.2) is 0 Å². The molecule has 2 aliphatic rings. The normalized spacial score (nSPS) is 22.2. The molecule has 4 nitrogen and oxygen atoms in total. The summed E-state index contributed by atoms with van der Waals surface area (Å²) in [4.78, 5) is 14.6. The minimum absolute atomic E-state index is 0.0932. The van der Waals surface area contributed by atoms with Crippen molar-refractivity contribution in [3.8, 4) is 0 Å². The SMILES string of the molecule is CC(C(=O)N1CCC/C(=N/O)c2ccccc21)C1CC1. The molecule has 1 unspecified atom stereocenters. The zero-order valence-electron chi connectivity index (χ0n) is 11.7. The number of carbonyl (C=O) groups excluding carboxylic acids is 1. The molecule has 1 fully saturated rings. The Morgan fingerprint density at radius 1 is 1.40 bits per heavy atom. The van der Waals surface area contributed by atoms with E-state index >= 15 is 0 Å². The summed E-state index contributed by atoms with van der Waals surface area (Å²) in [6, 6.07) is 7.73. The van der Waals surface area contributed by atoms with E-state index in [1.54, 1.807) is 0 Å². The van der Waals surface area contributed by atoms with Crippen LogP contribution in [0.2, 0.25) is 0 Å². The summed E-state index contributed by atoms with van der Waals surface area (Å²) in [5.41, 5.74) is 2.44. The van der Waals surface area contributed by atoms with Gasteiger partial charge >= 0.3 is 0 Å². The van der Waals surface area contributed by atoms with Crippen molar-refractivity contribution in [2.24, 2.45) is 17.0 Å². The molecule has 0 saturated heterocycles. The van der Waals surface area contributed by atoms with E-state index < -0.39 is 0 Å². The Morgan fingerprint density at radius 2 is 2.15 bits per heavy atom. The largest absolute Gasteiger partial charge is 0.411 e. The van der Waals surface area contributed by atoms with Crippen LogP contribution in [0.4, 0.5) is 5.69 Å². The van der Waals surface area contributed by atoms with E-state index in [0.29, 0.717) is 24.6 Å². The number of carbonyl (C=O) groups is 1. The molecule has 1 aromatic rings. The molecule has 1 aliphatic heterocycles. The van der Waals surface area contributed by atoms with Crippen molar-refractivity contribution in [1.29, 1.82) is 0 Å². The average molecular weight is 272 g/mol. The van der Waals surface area contributed by atoms with Crippen LogP contribution in [-0.4, -0.2) is 23.4 Å². The van der Waals surface area contributed by atoms with Gasteiger partial charge in [-0.2, -0.15) is 0 Å². The van der Waals surface area contributed by atoms with Crippen LogP contribution < -0.4 is 4.90 Å². The maximum atomic E-state index is 12.7. The van der Waals surface area contributed by atoms with Crippen LogP contribution in [-0.2, 0) is 4.79 Å². The summed E-state index contributed by atoms with van der Waals surface area (Å²) < 4.78 is 0. The van der Waals surface area contributed by atoms with Gasteiger partial charge in [-0.05, 0) is 37.7 Å². The van der Waals surface area contributed by atoms with E-state index in [0.717, 1.165) is 17.7 Å². The van der Waals surface area contributed by atoms with Gasteiger partial charge in [-0.3, -0.25) is 4.79 Å². The van der Waals surface area contributed by atoms with E-state index in [1.165, 1.54) is 12.8 Å². The molecule has 4 heteroatoms. The Labute approximate surface area is 119 Å². The molecule has 1 amide bonds. The summed E-state index contributed by atoms with van der Waals surface area (Å²) in [6.07, 6.45) is 3.88. The quantitative estimate of drug-likeness (QED) is 0.664. The van der Waals surface area contributed by atoms with Crippen LogP contribution in [0.3, 0.4) is 0 Å². The number of oxime groups is 1. The number of fused-ring (bicyclic) bond motifs is 1. The average Bonchev–Trinajstić information content (AvgIpc) is 3.31. The fourth-order valence-corrected chi connectivity index (χ4v) is 2.99. The van der Waals surface area contributed by atoms with Crippen molar-refractivity contribution in [2.75, 3.05) is 11.4 Å². The summed E-state index contributed by atoms with van der Waals surface area (Å²) in [5.74, 6) is 0.860. The Balaban J connectivity index is 1.96. The standard InChI is InChI=1S/C16H20N2O2/c1-11(12-8-9-12)16(19)18-10-4-6-14(17-20)13-5-2-3-7-15(13)18/h2-3,5,7,11-12,20H,4,6,8-10H2,1H3/b17-14-. The molecule has 3 rings (SSSR count). The Morgan fingerprint density at radius 3 is 2.85 bits per heavy atom. The third kappa shape index (κ3) is 2.30. The zero-order valence-corrected chi connectivity index (χ0v) is 11.7. The Bertz CT molecular complexity index is 549. The van der Waals surface area contributed by atoms with Gasteiger partial charge in [0.25, 0.3) is 0 Å². The predicted molar refractivity (Wildman–Crippen MR) is 78.2 cm³/mol. The van der Waals surface area contributed by atoms with Gasteiger partial charge in [0, 0.05) is 18.0 Å². The molecular weight excluding hydrogens is 252 g/mol. The molecule has 1 saturated carbocycles. The molecule has 0 radical (unpaired) electrons. The summed E-state index contributed by atoms with van der Waals surface area (Å²) in [7, 11) is 0. The Hall–Kier alpha value is -1.84. The minimum Gasteiger partial charge on any atom is -0.411 e. The molecule has 1 atom stereocenters. The third-order valence-electron chi connectivity index (χ3n) is 4.41. The number of hydrogen-bond acceptors (Lipinski definition) is 3. The third-order valence-corrected chi connectivity index (χ3v) is 4.41. The zero-order chi connectivity index (χ0) is 14.1. The molecule has 0 aromatic heterocycles. The highest BCUT2D eigenvalue weighted by Crippen LogP contribution is 2.39. The smallest absolute Gasteiger partial charge is 0.230 e. The van der Waals surface area contributed by atoms with E-state index in [4.69, 9.17) is 0 Å². The van der Waals surface area contributed by atoms with E-state index in [2.05, 4.69) is 5.16 Å². The number of para-hydroxylation sites is 1. The Kier molecular flexibility index (Phi) is 3.47. The van der Waals surface area contributed by atoms with Crippen LogP contribution in [0.25, 0.3) is 0 Å². The first-order valence-electron chi connectivity index (χ1n) is 7.34. The van der Waals surface area contributed by atoms with Gasteiger partial charge in [-0.25, -0.2) is 0 Å². The lowest BCUT2D eigenvalue weighted by Gasteiger charge is -2.25. The second kappa shape index (κ2) is 5.27. The lowest BCUT2D eigenvalue weighted by molar-refractivity contribution is -0.122. The van der Waals surface area contributed by atoms with Crippen molar-refractivity contribution in [3.05, 3.63) is 29.8 Å². The van der Waals surface area contributed by atoms with Crippen LogP contribution in [0, 0.1) is 11.8 Å². The van der Waals surface area contributed by atoms with Gasteiger partial charge in [-0.1, -0.05) is 30.3 Å². The van der Waals surface area contributed by atoms with Gasteiger partial charge < -0.3 is 10.1 Å². The highest BCUT2D eigenvalue weighted by molar-refractivity contribution is 6.09. The highest BCUT2D eigenvalue weighted by Gasteiger charge is 2.36. The number of benzene rings is 1. The summed E-state index contributed by atoms with van der Waals surface area (Å²) in [6.45, 7) is 2.74. The van der Waals surface area contributed by atoms with Crippen LogP contribution in [0.15, 0.2) is 29.4 Å². The predicted octanol–water partition coefficient (Wildman–Crippen LogP) is 3.04. The van der Waals surface area contributed by atoms with Crippen LogP contribution >= 0.6 is 0 Å². The van der Waals surface area contributed by atoms with E-state index in [9.17, 15) is 10.0 Å². The first-order valence-corrected chi connectivity index (χ1v) is 7.34. The summed E-state index contributed by atoms with van der Waals surface area (Å²) >= 11 is 0. The second-order valence-corrected chi connectivity index (χ2v) is 5.78. The van der Waals surface area contributed by atoms with Gasteiger partial charge in [0.05, 0.1) is 11.4 Å². The topological polar surface area (TPSA) is 52.9 Å². The lowest BCUT2D eigenvalue weighted by Crippen LogP contribution is -2.36. The van der Waals surface area contributed by atoms with Crippen LogP contribution in [0.5, 0.6) is 0 Å². The molecule has 1 aromatic carbocycles. The van der Waals surface area contributed by atoms with Crippen molar-refractivity contribution in [1.82, 2.24) is 0 Å². The molecule has 1 heterocycles. The molecule has 1 N–H and O–H groups in total. The van der Waals surface area contributed by atoms with Gasteiger partial charge in [-0.15, -0.1) is 0 Å². The van der Waals surface area contributed by atoms with Crippen molar-refractivity contribution in [2.45, 2.75) is 32.6 Å². The molecule has 20 heavy (non-hydrogen) atoms. The van der Waals surface area contributed by atoms with Crippen molar-refractivity contribution >= 4 is 17.3 Å². The molecule has 1 aliphatic carbocycles. The number of hydrogen-bond donors (Lipinski definition) is 1. The monoisotopic (exact) mass is 272 g/mol. The lowest BCUT2D eigenvalue weighted by atomic mass is 10.0. The first-order chi connectivity index (χ1) is 9.72. The molecule has 106 valence electrons. The van der Waals surface area contributed by atoms with Gasteiger partial charge in [0.2, 0.25) is 5.91 Å². The molecule has 0 bridgehead atoms. The highest BCUT2D eigenvalue weighted by atomic mass is 16.4. The number of nitrogens with zero attached hydrogens (tertiary/aromatic N) is 2. The fourth-order valence-electron chi connectivity index (χ4n) is 2.99. The van der Waals surface area contributed by atoms with E-state index in [-0.39, 0.29) is 11.8 Å². The maximum Gasteiger partial charge on any atom is 0.230 e. The number of amides is 1. The molecule has 0 spiro atoms. The minimum atomic E-state index is 0.0932. The van der Waals surface area contributed by atoms with E-state index in [1.807, 2.05) is 36.1 Å².